The first-order chi connectivity index (χ1) is 33.9. The van der Waals surface area contributed by atoms with E-state index in [4.69, 9.17) is 24.8 Å². The van der Waals surface area contributed by atoms with Crippen molar-refractivity contribution in [1.82, 2.24) is 35.6 Å². The number of likely N-dealkylation sites (N-methyl/N-ethyl adjacent to an activating group) is 2. The Kier molecular flexibility index (Phi) is 27.2. The first-order valence-electron chi connectivity index (χ1n) is 25.1. The van der Waals surface area contributed by atoms with Crippen LogP contribution in [0.3, 0.4) is 0 Å². The molecule has 19 nitrogen and oxygen atoms in total. The van der Waals surface area contributed by atoms with Crippen molar-refractivity contribution in [2.75, 3.05) is 74.4 Å². The molecule has 1 aliphatic rings. The quantitative estimate of drug-likeness (QED) is 0.0588. The maximum absolute atomic E-state index is 14.6. The molecule has 9 atom stereocenters. The van der Waals surface area contributed by atoms with Crippen molar-refractivity contribution in [2.45, 2.75) is 136 Å². The van der Waals surface area contributed by atoms with Crippen molar-refractivity contribution in [1.29, 1.82) is 0 Å². The Labute approximate surface area is 425 Å². The average Bonchev–Trinajstić information content (AvgIpc) is 4.07. The van der Waals surface area contributed by atoms with Crippen LogP contribution in [0.4, 0.5) is 0 Å². The average molecular weight is 1020 g/mol. The lowest BCUT2D eigenvalue weighted by Gasteiger charge is -2.41. The van der Waals surface area contributed by atoms with E-state index in [0.717, 1.165) is 17.0 Å². The number of carbonyl (C=O) groups excluding carboxylic acids is 6. The minimum Gasteiger partial charge on any atom is -0.381 e. The highest BCUT2D eigenvalue weighted by Gasteiger charge is 2.43. The number of amides is 6. The zero-order chi connectivity index (χ0) is 52.6. The molecule has 1 aromatic heterocycles. The van der Waals surface area contributed by atoms with Crippen LogP contribution in [-0.4, -0.2) is 166 Å². The van der Waals surface area contributed by atoms with Crippen molar-refractivity contribution >= 4 is 46.8 Å². The van der Waals surface area contributed by atoms with Crippen molar-refractivity contribution < 1.29 is 52.6 Å². The van der Waals surface area contributed by atoms with Crippen molar-refractivity contribution in [2.24, 2.45) is 29.6 Å². The molecule has 1 aliphatic heterocycles. The van der Waals surface area contributed by atoms with E-state index in [1.165, 1.54) is 16.2 Å². The first kappa shape index (κ1) is 60.7. The van der Waals surface area contributed by atoms with E-state index in [1.54, 1.807) is 44.3 Å². The predicted octanol–water partition coefficient (Wildman–Crippen LogP) is 3.91. The number of hydrogen-bond donors (Lipinski definition) is 4. The molecule has 2 aromatic rings. The topological polar surface area (TPSA) is 233 Å². The molecule has 0 radical (unpaired) electrons. The second kappa shape index (κ2) is 31.8. The third-order valence-corrected chi connectivity index (χ3v) is 14.3. The van der Waals surface area contributed by atoms with E-state index in [1.807, 2.05) is 84.2 Å². The molecule has 3 rings (SSSR count). The lowest BCUT2D eigenvalue weighted by Crippen LogP contribution is -2.60. The number of rotatable bonds is 33. The Balaban J connectivity index is 1.66. The minimum atomic E-state index is -0.945. The summed E-state index contributed by atoms with van der Waals surface area (Å²) in [4.78, 5) is 95.6. The Bertz CT molecular complexity index is 1910. The zero-order valence-corrected chi connectivity index (χ0v) is 44.9. The lowest BCUT2D eigenvalue weighted by atomic mass is 9.89. The smallest absolute Gasteiger partial charge is 0.248 e. The molecule has 2 heterocycles. The number of hydrogen-bond acceptors (Lipinski definition) is 14. The van der Waals surface area contributed by atoms with Gasteiger partial charge in [-0.25, -0.2) is 10.9 Å². The second-order valence-electron chi connectivity index (χ2n) is 19.1. The predicted molar refractivity (Wildman–Crippen MR) is 271 cm³/mol. The summed E-state index contributed by atoms with van der Waals surface area (Å²) >= 11 is 1.49. The number of thiazole rings is 1. The van der Waals surface area contributed by atoms with Gasteiger partial charge in [-0.1, -0.05) is 85.2 Å². The fourth-order valence-corrected chi connectivity index (χ4v) is 10.0. The number of likely N-dealkylation sites (tertiary alicyclic amines) is 1. The van der Waals surface area contributed by atoms with Crippen molar-refractivity contribution in [3.8, 4) is 0 Å². The summed E-state index contributed by atoms with van der Waals surface area (Å²) in [6, 6.07) is 6.89. The van der Waals surface area contributed by atoms with E-state index in [-0.39, 0.29) is 85.4 Å². The van der Waals surface area contributed by atoms with Crippen LogP contribution >= 0.6 is 11.3 Å². The van der Waals surface area contributed by atoms with E-state index < -0.39 is 42.2 Å². The largest absolute Gasteiger partial charge is 0.381 e. The van der Waals surface area contributed by atoms with Gasteiger partial charge in [0.05, 0.1) is 62.3 Å². The Morgan fingerprint density at radius 3 is 2.17 bits per heavy atom. The number of nitrogens with two attached hydrogens (primary N) is 1. The van der Waals surface area contributed by atoms with Crippen molar-refractivity contribution in [3.63, 3.8) is 0 Å². The van der Waals surface area contributed by atoms with Crippen molar-refractivity contribution in [3.05, 3.63) is 52.5 Å². The van der Waals surface area contributed by atoms with E-state index >= 15 is 0 Å². The second-order valence-corrected chi connectivity index (χ2v) is 20.0. The molecule has 5 N–H and O–H groups in total. The number of benzene rings is 1. The number of ether oxygens (including phenoxy) is 4. The maximum Gasteiger partial charge on any atom is 0.248 e. The van der Waals surface area contributed by atoms with Gasteiger partial charge in [-0.15, -0.1) is 11.3 Å². The third-order valence-electron chi connectivity index (χ3n) is 13.4. The van der Waals surface area contributed by atoms with E-state index in [2.05, 4.69) is 25.8 Å². The fraction of sp³-hybridized carbons (Fsp3) is 0.706. The van der Waals surface area contributed by atoms with E-state index in [9.17, 15) is 28.8 Å². The van der Waals surface area contributed by atoms with Gasteiger partial charge in [0.1, 0.15) is 23.7 Å². The zero-order valence-electron chi connectivity index (χ0n) is 44.1. The molecular weight excluding hydrogens is 933 g/mol. The molecule has 0 spiro atoms. The lowest BCUT2D eigenvalue weighted by molar-refractivity contribution is -0.148. The Hall–Kier alpha value is -4.57. The summed E-state index contributed by atoms with van der Waals surface area (Å²) in [7, 11) is 6.39. The number of methoxy groups -OCH3 is 2. The molecule has 6 amide bonds. The van der Waals surface area contributed by atoms with Gasteiger partial charge >= 0.3 is 0 Å². The summed E-state index contributed by atoms with van der Waals surface area (Å²) in [5.74, 6) is 1.81. The first-order valence-corrected chi connectivity index (χ1v) is 25.9. The Morgan fingerprint density at radius 1 is 0.887 bits per heavy atom. The van der Waals surface area contributed by atoms with Crippen LogP contribution in [-0.2, 0) is 59.0 Å². The van der Waals surface area contributed by atoms with Gasteiger partial charge in [0.25, 0.3) is 0 Å². The summed E-state index contributed by atoms with van der Waals surface area (Å²) in [6.45, 7) is 15.1. The summed E-state index contributed by atoms with van der Waals surface area (Å²) in [5, 5.41) is 11.5. The molecule has 1 saturated heterocycles. The minimum absolute atomic E-state index is 0.0221. The van der Waals surface area contributed by atoms with Gasteiger partial charge in [0.15, 0.2) is 0 Å². The highest BCUT2D eigenvalue weighted by atomic mass is 32.1. The van der Waals surface area contributed by atoms with Gasteiger partial charge in [-0.3, -0.25) is 33.6 Å². The van der Waals surface area contributed by atoms with Gasteiger partial charge in [-0.05, 0) is 49.0 Å². The van der Waals surface area contributed by atoms with Gasteiger partial charge < -0.3 is 49.6 Å². The number of aromatic nitrogens is 1. The van der Waals surface area contributed by atoms with Crippen LogP contribution in [0.2, 0.25) is 0 Å². The van der Waals surface area contributed by atoms with Crippen LogP contribution in [0.25, 0.3) is 0 Å². The maximum atomic E-state index is 14.6. The summed E-state index contributed by atoms with van der Waals surface area (Å²) < 4.78 is 23.3. The molecule has 2 unspecified atom stereocenters. The molecule has 400 valence electrons. The van der Waals surface area contributed by atoms with Crippen LogP contribution in [0.15, 0.2) is 41.9 Å². The molecule has 0 aliphatic carbocycles. The van der Waals surface area contributed by atoms with Gasteiger partial charge in [0, 0.05) is 66.2 Å². The molecule has 0 saturated carbocycles. The molecule has 1 aromatic carbocycles. The molecule has 20 heteroatoms. The third kappa shape index (κ3) is 18.8. The standard InChI is InChI=1S/C51H84N8O11S/c1-12-35(6)46(58(9)51(65)44(33(2)3)56-49(64)45(34(4)5)57(8)42(61)21-27-68-25-17-26-69-28-22-53-41(60)32-70-52)40(66-10)31-43(62)59-24-16-20-39(59)47(67-11)36(7)48(63)55-38(50-54-23-29-71-50)30-37-18-14-13-15-19-37/h13-15,18-19,23,29,33-36,38-40,44-47H,12,16-17,20-22,24-28,30-32,52H2,1-11H3,(H,53,60)(H,55,63)(H,56,64)/t35-,36+,38?,39-,40+,44-,45?,46-,47+/m0/s1. The van der Waals surface area contributed by atoms with Crippen LogP contribution in [0.5, 0.6) is 0 Å². The van der Waals surface area contributed by atoms with Crippen LogP contribution in [0, 0.1) is 23.7 Å². The van der Waals surface area contributed by atoms with Crippen LogP contribution in [0.1, 0.15) is 104 Å². The van der Waals surface area contributed by atoms with Crippen LogP contribution < -0.4 is 21.8 Å². The summed E-state index contributed by atoms with van der Waals surface area (Å²) in [5.41, 5.74) is 1.07. The fourth-order valence-electron chi connectivity index (χ4n) is 9.31. The SMILES string of the molecule is CC[C@H](C)[C@@H]([C@@H](CC(=O)N1CCC[C@H]1[C@H](OC)[C@@H](C)C(=O)NC(Cc1ccccc1)c1nccs1)OC)N(C)C(=O)[C@@H](NC(=O)C(C(C)C)N(C)C(=O)CCOCCCOCCNC(=O)CON)C(C)C. The number of carbonyl (C=O) groups is 6. The van der Waals surface area contributed by atoms with E-state index in [0.29, 0.717) is 58.6 Å². The highest BCUT2D eigenvalue weighted by Crippen LogP contribution is 2.31. The number of nitrogens with one attached hydrogen (secondary N) is 3. The highest BCUT2D eigenvalue weighted by molar-refractivity contribution is 7.09. The molecule has 0 bridgehead atoms. The molecule has 71 heavy (non-hydrogen) atoms. The van der Waals surface area contributed by atoms with Gasteiger partial charge in [0.2, 0.25) is 35.4 Å². The molecular formula is C51H84N8O11S. The summed E-state index contributed by atoms with van der Waals surface area (Å²) in [6.07, 6.45) is 3.70. The molecule has 1 fully saturated rings. The Morgan fingerprint density at radius 2 is 1.58 bits per heavy atom. The van der Waals surface area contributed by atoms with Gasteiger partial charge in [-0.2, -0.15) is 0 Å². The normalized spacial score (nSPS) is 17.2. The monoisotopic (exact) mass is 1020 g/mol. The number of nitrogens with zero attached hydrogens (tertiary/aromatic N) is 4.